The molecule has 0 radical (unpaired) electrons. The van der Waals surface area contributed by atoms with Crippen molar-refractivity contribution in [1.82, 2.24) is 14.9 Å². The Morgan fingerprint density at radius 2 is 2.00 bits per heavy atom. The van der Waals surface area contributed by atoms with Gasteiger partial charge in [-0.3, -0.25) is 4.79 Å². The lowest BCUT2D eigenvalue weighted by Gasteiger charge is -2.21. The molecule has 0 unspecified atom stereocenters. The average molecular weight is 276 g/mol. The van der Waals surface area contributed by atoms with Crippen molar-refractivity contribution in [1.29, 1.82) is 0 Å². The fourth-order valence-corrected chi connectivity index (χ4v) is 1.94. The van der Waals surface area contributed by atoms with E-state index in [-0.39, 0.29) is 5.91 Å². The van der Waals surface area contributed by atoms with Crippen molar-refractivity contribution in [3.8, 4) is 0 Å². The van der Waals surface area contributed by atoms with E-state index in [2.05, 4.69) is 35.7 Å². The second-order valence-electron chi connectivity index (χ2n) is 4.68. The van der Waals surface area contributed by atoms with Crippen LogP contribution in [-0.4, -0.2) is 40.4 Å². The predicted molar refractivity (Wildman–Crippen MR) is 81.9 cm³/mol. The monoisotopic (exact) mass is 276 g/mol. The van der Waals surface area contributed by atoms with E-state index in [0.29, 0.717) is 18.2 Å². The van der Waals surface area contributed by atoms with Crippen molar-refractivity contribution in [2.75, 3.05) is 25.0 Å². The largest absolute Gasteiger partial charge is 0.351 e. The first kappa shape index (κ1) is 16.1. The van der Waals surface area contributed by atoms with Gasteiger partial charge in [-0.05, 0) is 25.8 Å². The molecule has 0 aromatic carbocycles. The molecule has 0 atom stereocenters. The summed E-state index contributed by atoms with van der Waals surface area (Å²) in [6.45, 7) is 11.7. The highest BCUT2D eigenvalue weighted by Gasteiger charge is 2.17. The zero-order chi connectivity index (χ0) is 15.0. The molecule has 1 aromatic rings. The maximum atomic E-state index is 12.5. The molecule has 0 aliphatic carbocycles. The van der Waals surface area contributed by atoms with Crippen LogP contribution in [-0.2, 0) is 0 Å². The third kappa shape index (κ3) is 4.64. The molecular weight excluding hydrogens is 252 g/mol. The number of hydrogen-bond acceptors (Lipinski definition) is 4. The van der Waals surface area contributed by atoms with Gasteiger partial charge >= 0.3 is 0 Å². The van der Waals surface area contributed by atoms with E-state index in [9.17, 15) is 4.79 Å². The zero-order valence-electron chi connectivity index (χ0n) is 12.6. The van der Waals surface area contributed by atoms with Crippen molar-refractivity contribution in [3.63, 3.8) is 0 Å². The third-order valence-corrected chi connectivity index (χ3v) is 2.75. The standard InChI is InChI=1S/C15H24N4O/c1-5-8-16-15-17-12(4)11-13(18-15)14(20)19(9-6-2)10-7-3/h5,11H,1,6-10H2,2-4H3,(H,16,17,18). The molecule has 0 saturated carbocycles. The topological polar surface area (TPSA) is 58.1 Å². The summed E-state index contributed by atoms with van der Waals surface area (Å²) in [7, 11) is 0. The Labute approximate surface area is 121 Å². The van der Waals surface area contributed by atoms with Crippen LogP contribution in [0.1, 0.15) is 42.9 Å². The van der Waals surface area contributed by atoms with Gasteiger partial charge in [0.1, 0.15) is 5.69 Å². The second-order valence-corrected chi connectivity index (χ2v) is 4.68. The lowest BCUT2D eigenvalue weighted by atomic mass is 10.2. The minimum absolute atomic E-state index is 0.0270. The summed E-state index contributed by atoms with van der Waals surface area (Å²) in [4.78, 5) is 22.9. The Kier molecular flexibility index (Phi) is 6.70. The predicted octanol–water partition coefficient (Wildman–Crippen LogP) is 2.65. The summed E-state index contributed by atoms with van der Waals surface area (Å²) < 4.78 is 0. The molecule has 0 fully saturated rings. The maximum Gasteiger partial charge on any atom is 0.272 e. The molecule has 1 amide bonds. The molecule has 20 heavy (non-hydrogen) atoms. The number of carbonyl (C=O) groups excluding carboxylic acids is 1. The fourth-order valence-electron chi connectivity index (χ4n) is 1.94. The number of anilines is 1. The lowest BCUT2D eigenvalue weighted by molar-refractivity contribution is 0.0749. The van der Waals surface area contributed by atoms with Crippen molar-refractivity contribution in [2.24, 2.45) is 0 Å². The number of nitrogens with one attached hydrogen (secondary N) is 1. The van der Waals surface area contributed by atoms with E-state index in [1.165, 1.54) is 0 Å². The van der Waals surface area contributed by atoms with Gasteiger partial charge in [-0.1, -0.05) is 19.9 Å². The maximum absolute atomic E-state index is 12.5. The van der Waals surface area contributed by atoms with Crippen LogP contribution in [0.4, 0.5) is 5.95 Å². The molecule has 0 aliphatic heterocycles. The van der Waals surface area contributed by atoms with Gasteiger partial charge in [-0.25, -0.2) is 9.97 Å². The summed E-state index contributed by atoms with van der Waals surface area (Å²) in [5.41, 5.74) is 1.23. The van der Waals surface area contributed by atoms with Gasteiger partial charge in [0, 0.05) is 25.3 Å². The highest BCUT2D eigenvalue weighted by atomic mass is 16.2. The lowest BCUT2D eigenvalue weighted by Crippen LogP contribution is -2.33. The first-order valence-corrected chi connectivity index (χ1v) is 7.12. The summed E-state index contributed by atoms with van der Waals surface area (Å²) >= 11 is 0. The van der Waals surface area contributed by atoms with Crippen LogP contribution in [0.3, 0.4) is 0 Å². The molecule has 0 aliphatic rings. The SMILES string of the molecule is C=CCNc1nc(C)cc(C(=O)N(CCC)CCC)n1. The number of aromatic nitrogens is 2. The normalized spacial score (nSPS) is 10.2. The zero-order valence-corrected chi connectivity index (χ0v) is 12.6. The molecule has 5 nitrogen and oxygen atoms in total. The Bertz CT molecular complexity index is 453. The van der Waals surface area contributed by atoms with E-state index in [1.54, 1.807) is 12.1 Å². The van der Waals surface area contributed by atoms with Crippen LogP contribution in [0.2, 0.25) is 0 Å². The van der Waals surface area contributed by atoms with Gasteiger partial charge < -0.3 is 10.2 Å². The summed E-state index contributed by atoms with van der Waals surface area (Å²) in [6.07, 6.45) is 3.61. The van der Waals surface area contributed by atoms with Crippen molar-refractivity contribution >= 4 is 11.9 Å². The minimum atomic E-state index is -0.0270. The van der Waals surface area contributed by atoms with E-state index in [1.807, 2.05) is 11.8 Å². The van der Waals surface area contributed by atoms with Crippen LogP contribution in [0, 0.1) is 6.92 Å². The summed E-state index contributed by atoms with van der Waals surface area (Å²) in [5.74, 6) is 0.446. The van der Waals surface area contributed by atoms with Crippen LogP contribution >= 0.6 is 0 Å². The second kappa shape index (κ2) is 8.30. The highest BCUT2D eigenvalue weighted by molar-refractivity contribution is 5.92. The number of carbonyl (C=O) groups is 1. The van der Waals surface area contributed by atoms with Crippen molar-refractivity contribution < 1.29 is 4.79 Å². The van der Waals surface area contributed by atoms with Crippen LogP contribution < -0.4 is 5.32 Å². The number of amides is 1. The molecule has 0 spiro atoms. The van der Waals surface area contributed by atoms with Gasteiger partial charge in [0.25, 0.3) is 5.91 Å². The molecule has 5 heteroatoms. The Morgan fingerprint density at radius 1 is 1.35 bits per heavy atom. The fraction of sp³-hybridized carbons (Fsp3) is 0.533. The van der Waals surface area contributed by atoms with Gasteiger partial charge in [0.2, 0.25) is 5.95 Å². The number of nitrogens with zero attached hydrogens (tertiary/aromatic N) is 3. The number of aryl methyl sites for hydroxylation is 1. The quantitative estimate of drug-likeness (QED) is 0.742. The van der Waals surface area contributed by atoms with Crippen LogP contribution in [0.25, 0.3) is 0 Å². The first-order chi connectivity index (χ1) is 9.62. The van der Waals surface area contributed by atoms with Gasteiger partial charge in [-0.15, -0.1) is 6.58 Å². The molecule has 1 N–H and O–H groups in total. The molecule has 1 rings (SSSR count). The number of hydrogen-bond donors (Lipinski definition) is 1. The number of rotatable bonds is 8. The summed E-state index contributed by atoms with van der Waals surface area (Å²) in [5, 5.41) is 3.02. The third-order valence-electron chi connectivity index (χ3n) is 2.75. The van der Waals surface area contributed by atoms with Crippen LogP contribution in [0.15, 0.2) is 18.7 Å². The minimum Gasteiger partial charge on any atom is -0.351 e. The highest BCUT2D eigenvalue weighted by Crippen LogP contribution is 2.09. The molecule has 0 bridgehead atoms. The van der Waals surface area contributed by atoms with E-state index >= 15 is 0 Å². The van der Waals surface area contributed by atoms with E-state index < -0.39 is 0 Å². The Balaban J connectivity index is 2.94. The molecular formula is C15H24N4O. The van der Waals surface area contributed by atoms with Crippen molar-refractivity contribution in [3.05, 3.63) is 30.1 Å². The smallest absolute Gasteiger partial charge is 0.272 e. The van der Waals surface area contributed by atoms with Gasteiger partial charge in [-0.2, -0.15) is 0 Å². The molecule has 1 aromatic heterocycles. The first-order valence-electron chi connectivity index (χ1n) is 7.12. The van der Waals surface area contributed by atoms with E-state index in [0.717, 1.165) is 31.6 Å². The molecule has 1 heterocycles. The van der Waals surface area contributed by atoms with Crippen molar-refractivity contribution in [2.45, 2.75) is 33.6 Å². The molecule has 0 saturated heterocycles. The Hall–Kier alpha value is -1.91. The molecule has 110 valence electrons. The summed E-state index contributed by atoms with van der Waals surface area (Å²) in [6, 6.07) is 1.74. The van der Waals surface area contributed by atoms with Gasteiger partial charge in [0.05, 0.1) is 0 Å². The Morgan fingerprint density at radius 3 is 2.55 bits per heavy atom. The van der Waals surface area contributed by atoms with E-state index in [4.69, 9.17) is 0 Å². The average Bonchev–Trinajstić information content (AvgIpc) is 2.43. The van der Waals surface area contributed by atoms with Crippen LogP contribution in [0.5, 0.6) is 0 Å². The van der Waals surface area contributed by atoms with Gasteiger partial charge in [0.15, 0.2) is 0 Å².